The van der Waals surface area contributed by atoms with E-state index in [1.807, 2.05) is 0 Å². The molecule has 1 amide bonds. The smallest absolute Gasteiger partial charge is 0.293 e. The average Bonchev–Trinajstić information content (AvgIpc) is 2.38. The van der Waals surface area contributed by atoms with E-state index < -0.39 is 4.92 Å². The summed E-state index contributed by atoms with van der Waals surface area (Å²) in [7, 11) is 0. The van der Waals surface area contributed by atoms with Crippen molar-refractivity contribution in [3.05, 3.63) is 33.9 Å². The van der Waals surface area contributed by atoms with E-state index in [1.165, 1.54) is 18.2 Å². The van der Waals surface area contributed by atoms with Crippen LogP contribution >= 0.6 is 0 Å². The van der Waals surface area contributed by atoms with E-state index in [1.54, 1.807) is 0 Å². The molecule has 0 aliphatic carbocycles. The van der Waals surface area contributed by atoms with Gasteiger partial charge < -0.3 is 11.1 Å². The van der Waals surface area contributed by atoms with Crippen LogP contribution in [-0.4, -0.2) is 23.7 Å². The number of aldehydes is 1. The molecule has 0 spiro atoms. The molecule has 1 aromatic carbocycles. The highest BCUT2D eigenvalue weighted by Crippen LogP contribution is 2.24. The number of nitro groups is 1. The summed E-state index contributed by atoms with van der Waals surface area (Å²) in [5, 5.41) is 13.8. The third-order valence-corrected chi connectivity index (χ3v) is 2.52. The summed E-state index contributed by atoms with van der Waals surface area (Å²) in [6.45, 7) is 0.495. The standard InChI is InChI=1S/C12H15N3O4/c13-12(17)3-1-2-6-14-10-5-4-9(8-16)7-11(10)15(18)19/h4-5,7-8,14H,1-3,6H2,(H2,13,17). The predicted molar refractivity (Wildman–Crippen MR) is 70.0 cm³/mol. The quantitative estimate of drug-likeness (QED) is 0.319. The van der Waals surface area contributed by atoms with Crippen molar-refractivity contribution in [3.63, 3.8) is 0 Å². The van der Waals surface area contributed by atoms with Gasteiger partial charge in [-0.25, -0.2) is 0 Å². The molecule has 0 aromatic heterocycles. The van der Waals surface area contributed by atoms with Crippen LogP contribution in [-0.2, 0) is 4.79 Å². The number of hydrogen-bond acceptors (Lipinski definition) is 5. The summed E-state index contributed by atoms with van der Waals surface area (Å²) in [6, 6.07) is 4.22. The van der Waals surface area contributed by atoms with Gasteiger partial charge in [-0.05, 0) is 25.0 Å². The fraction of sp³-hybridized carbons (Fsp3) is 0.333. The first kappa shape index (κ1) is 14.6. The lowest BCUT2D eigenvalue weighted by Crippen LogP contribution is -2.11. The van der Waals surface area contributed by atoms with Gasteiger partial charge in [0.05, 0.1) is 4.92 Å². The number of nitrogens with two attached hydrogens (primary N) is 1. The van der Waals surface area contributed by atoms with Gasteiger partial charge in [-0.15, -0.1) is 0 Å². The number of amides is 1. The summed E-state index contributed by atoms with van der Waals surface area (Å²) >= 11 is 0. The summed E-state index contributed by atoms with van der Waals surface area (Å²) < 4.78 is 0. The molecule has 0 fully saturated rings. The fourth-order valence-corrected chi connectivity index (χ4v) is 1.57. The number of nitro benzene ring substituents is 1. The van der Waals surface area contributed by atoms with Crippen molar-refractivity contribution < 1.29 is 14.5 Å². The Labute approximate surface area is 109 Å². The van der Waals surface area contributed by atoms with Crippen LogP contribution in [0.25, 0.3) is 0 Å². The largest absolute Gasteiger partial charge is 0.379 e. The first-order chi connectivity index (χ1) is 9.04. The zero-order valence-electron chi connectivity index (χ0n) is 10.3. The zero-order valence-corrected chi connectivity index (χ0v) is 10.3. The van der Waals surface area contributed by atoms with Crippen LogP contribution in [0.15, 0.2) is 18.2 Å². The van der Waals surface area contributed by atoms with Crippen LogP contribution in [0, 0.1) is 10.1 Å². The van der Waals surface area contributed by atoms with E-state index >= 15 is 0 Å². The highest BCUT2D eigenvalue weighted by atomic mass is 16.6. The lowest BCUT2D eigenvalue weighted by molar-refractivity contribution is -0.384. The molecule has 7 nitrogen and oxygen atoms in total. The van der Waals surface area contributed by atoms with Crippen LogP contribution in [0.5, 0.6) is 0 Å². The number of primary amides is 1. The van der Waals surface area contributed by atoms with Crippen LogP contribution in [0.4, 0.5) is 11.4 Å². The normalized spacial score (nSPS) is 9.89. The molecular weight excluding hydrogens is 250 g/mol. The highest BCUT2D eigenvalue weighted by molar-refractivity contribution is 5.79. The van der Waals surface area contributed by atoms with Crippen molar-refractivity contribution in [2.75, 3.05) is 11.9 Å². The zero-order chi connectivity index (χ0) is 14.3. The van der Waals surface area contributed by atoms with E-state index in [-0.39, 0.29) is 17.2 Å². The number of carbonyl (C=O) groups excluding carboxylic acids is 2. The molecule has 7 heteroatoms. The van der Waals surface area contributed by atoms with Crippen LogP contribution in [0.1, 0.15) is 29.6 Å². The Morgan fingerprint density at radius 1 is 1.42 bits per heavy atom. The lowest BCUT2D eigenvalue weighted by Gasteiger charge is -2.07. The molecule has 0 atom stereocenters. The first-order valence-electron chi connectivity index (χ1n) is 5.80. The molecule has 0 saturated carbocycles. The molecule has 0 heterocycles. The Morgan fingerprint density at radius 2 is 2.16 bits per heavy atom. The predicted octanol–water partition coefficient (Wildman–Crippen LogP) is 1.47. The van der Waals surface area contributed by atoms with Crippen molar-refractivity contribution in [2.24, 2.45) is 5.73 Å². The minimum absolute atomic E-state index is 0.139. The number of unbranched alkanes of at least 4 members (excludes halogenated alkanes) is 1. The van der Waals surface area contributed by atoms with Gasteiger partial charge in [-0.1, -0.05) is 0 Å². The molecule has 0 unspecified atom stereocenters. The maximum absolute atomic E-state index is 10.9. The summed E-state index contributed by atoms with van der Waals surface area (Å²) in [6.07, 6.45) is 2.16. The van der Waals surface area contributed by atoms with Crippen LogP contribution in [0.3, 0.4) is 0 Å². The monoisotopic (exact) mass is 265 g/mol. The molecule has 19 heavy (non-hydrogen) atoms. The molecular formula is C12H15N3O4. The second-order valence-electron chi connectivity index (χ2n) is 4.00. The minimum atomic E-state index is -0.543. The minimum Gasteiger partial charge on any atom is -0.379 e. The number of nitrogens with one attached hydrogen (secondary N) is 1. The van der Waals surface area contributed by atoms with Crippen LogP contribution < -0.4 is 11.1 Å². The van der Waals surface area contributed by atoms with Crippen molar-refractivity contribution in [3.8, 4) is 0 Å². The average molecular weight is 265 g/mol. The number of carbonyl (C=O) groups is 2. The molecule has 0 saturated heterocycles. The van der Waals surface area contributed by atoms with E-state index in [0.717, 1.165) is 0 Å². The fourth-order valence-electron chi connectivity index (χ4n) is 1.57. The Morgan fingerprint density at radius 3 is 2.74 bits per heavy atom. The molecule has 3 N–H and O–H groups in total. The van der Waals surface area contributed by atoms with Gasteiger partial charge in [0.1, 0.15) is 12.0 Å². The van der Waals surface area contributed by atoms with Gasteiger partial charge in [0.25, 0.3) is 5.69 Å². The first-order valence-corrected chi connectivity index (χ1v) is 5.80. The van der Waals surface area contributed by atoms with Gasteiger partial charge in [0.2, 0.25) is 5.91 Å². The van der Waals surface area contributed by atoms with E-state index in [2.05, 4.69) is 5.32 Å². The maximum Gasteiger partial charge on any atom is 0.293 e. The Hall–Kier alpha value is -2.44. The van der Waals surface area contributed by atoms with Gasteiger partial charge in [0, 0.05) is 24.6 Å². The Kier molecular flexibility index (Phi) is 5.46. The highest BCUT2D eigenvalue weighted by Gasteiger charge is 2.13. The van der Waals surface area contributed by atoms with Crippen molar-refractivity contribution in [1.82, 2.24) is 0 Å². The van der Waals surface area contributed by atoms with Crippen LogP contribution in [0.2, 0.25) is 0 Å². The Bertz CT molecular complexity index is 488. The topological polar surface area (TPSA) is 115 Å². The molecule has 1 aromatic rings. The SMILES string of the molecule is NC(=O)CCCCNc1ccc(C=O)cc1[N+](=O)[O-]. The molecule has 102 valence electrons. The second kappa shape index (κ2) is 7.10. The molecule has 0 bridgehead atoms. The van der Waals surface area contributed by atoms with Crippen molar-refractivity contribution >= 4 is 23.6 Å². The van der Waals surface area contributed by atoms with E-state index in [9.17, 15) is 19.7 Å². The van der Waals surface area contributed by atoms with Gasteiger partial charge >= 0.3 is 0 Å². The second-order valence-corrected chi connectivity index (χ2v) is 4.00. The molecule has 0 aliphatic rings. The molecule has 1 rings (SSSR count). The van der Waals surface area contributed by atoms with Gasteiger partial charge in [-0.3, -0.25) is 19.7 Å². The van der Waals surface area contributed by atoms with Gasteiger partial charge in [-0.2, -0.15) is 0 Å². The molecule has 0 radical (unpaired) electrons. The summed E-state index contributed by atoms with van der Waals surface area (Å²) in [5.74, 6) is -0.360. The maximum atomic E-state index is 10.9. The number of anilines is 1. The van der Waals surface area contributed by atoms with Crippen molar-refractivity contribution in [2.45, 2.75) is 19.3 Å². The number of hydrogen-bond donors (Lipinski definition) is 2. The third kappa shape index (κ3) is 4.74. The number of rotatable bonds is 8. The summed E-state index contributed by atoms with van der Waals surface area (Å²) in [5.41, 5.74) is 5.47. The third-order valence-electron chi connectivity index (χ3n) is 2.52. The van der Waals surface area contributed by atoms with E-state index in [0.29, 0.717) is 37.8 Å². The Balaban J connectivity index is 2.60. The molecule has 0 aliphatic heterocycles. The number of benzene rings is 1. The van der Waals surface area contributed by atoms with Gasteiger partial charge in [0.15, 0.2) is 0 Å². The summed E-state index contributed by atoms with van der Waals surface area (Å²) in [4.78, 5) is 31.4. The van der Waals surface area contributed by atoms with Crippen molar-refractivity contribution in [1.29, 1.82) is 0 Å². The van der Waals surface area contributed by atoms with E-state index in [4.69, 9.17) is 5.73 Å². The number of nitrogens with zero attached hydrogens (tertiary/aromatic N) is 1. The lowest BCUT2D eigenvalue weighted by atomic mass is 10.2.